The summed E-state index contributed by atoms with van der Waals surface area (Å²) in [7, 11) is 0. The van der Waals surface area contributed by atoms with Crippen molar-refractivity contribution in [1.29, 1.82) is 0 Å². The van der Waals surface area contributed by atoms with E-state index in [0.29, 0.717) is 12.2 Å². The van der Waals surface area contributed by atoms with E-state index < -0.39 is 0 Å². The summed E-state index contributed by atoms with van der Waals surface area (Å²) in [4.78, 5) is 14.1. The maximum atomic E-state index is 12.3. The van der Waals surface area contributed by atoms with Crippen LogP contribution in [0.2, 0.25) is 0 Å². The standard InChI is InChI=1S/C16H19N3O/c1-4-6-14(5-2)8-7-13(3)18-11-12-19-15(16(18)20)9-10-17-19/h4-10H,2,11-12H2,1,3H3/b6-4+,13-7+,14-8+. The van der Waals surface area contributed by atoms with E-state index in [2.05, 4.69) is 11.7 Å². The maximum absolute atomic E-state index is 12.3. The average Bonchev–Trinajstić information content (AvgIpc) is 2.93. The van der Waals surface area contributed by atoms with Crippen molar-refractivity contribution in [2.75, 3.05) is 6.54 Å². The molecule has 0 N–H and O–H groups in total. The Bertz CT molecular complexity index is 605. The molecule has 2 heterocycles. The van der Waals surface area contributed by atoms with E-state index in [1.807, 2.05) is 38.2 Å². The molecule has 0 spiro atoms. The Morgan fingerprint density at radius 3 is 2.90 bits per heavy atom. The molecule has 1 aromatic heterocycles. The van der Waals surface area contributed by atoms with Gasteiger partial charge in [-0.15, -0.1) is 0 Å². The number of amides is 1. The second kappa shape index (κ2) is 6.19. The van der Waals surface area contributed by atoms with E-state index in [1.165, 1.54) is 0 Å². The lowest BCUT2D eigenvalue weighted by atomic mass is 10.2. The van der Waals surface area contributed by atoms with Gasteiger partial charge in [0.1, 0.15) is 5.69 Å². The summed E-state index contributed by atoms with van der Waals surface area (Å²) < 4.78 is 1.75. The Morgan fingerprint density at radius 2 is 2.20 bits per heavy atom. The van der Waals surface area contributed by atoms with E-state index in [-0.39, 0.29) is 5.91 Å². The molecule has 0 saturated carbocycles. The highest BCUT2D eigenvalue weighted by atomic mass is 16.2. The molecule has 104 valence electrons. The molecule has 0 fully saturated rings. The minimum atomic E-state index is 0.00193. The molecule has 1 aliphatic rings. The minimum Gasteiger partial charge on any atom is -0.309 e. The van der Waals surface area contributed by atoms with E-state index in [1.54, 1.807) is 27.9 Å². The predicted molar refractivity (Wildman–Crippen MR) is 80.1 cm³/mol. The van der Waals surface area contributed by atoms with Crippen LogP contribution in [0, 0.1) is 0 Å². The van der Waals surface area contributed by atoms with Crippen LogP contribution in [0.15, 0.2) is 60.5 Å². The number of rotatable bonds is 4. The van der Waals surface area contributed by atoms with Gasteiger partial charge >= 0.3 is 0 Å². The van der Waals surface area contributed by atoms with E-state index in [4.69, 9.17) is 0 Å². The summed E-state index contributed by atoms with van der Waals surface area (Å²) in [6, 6.07) is 1.76. The van der Waals surface area contributed by atoms with Crippen molar-refractivity contribution in [3.8, 4) is 0 Å². The molecule has 1 aliphatic heterocycles. The van der Waals surface area contributed by atoms with E-state index in [9.17, 15) is 4.79 Å². The molecule has 20 heavy (non-hydrogen) atoms. The summed E-state index contributed by atoms with van der Waals surface area (Å²) in [5, 5.41) is 4.13. The lowest BCUT2D eigenvalue weighted by Gasteiger charge is -2.27. The van der Waals surface area contributed by atoms with Gasteiger partial charge in [-0.2, -0.15) is 5.10 Å². The van der Waals surface area contributed by atoms with Crippen molar-refractivity contribution < 1.29 is 4.79 Å². The first-order valence-electron chi connectivity index (χ1n) is 6.64. The van der Waals surface area contributed by atoms with Crippen molar-refractivity contribution in [3.05, 3.63) is 66.2 Å². The van der Waals surface area contributed by atoms with Gasteiger partial charge in [0.05, 0.1) is 6.54 Å². The largest absolute Gasteiger partial charge is 0.309 e. The fourth-order valence-electron chi connectivity index (χ4n) is 2.15. The maximum Gasteiger partial charge on any atom is 0.276 e. The monoisotopic (exact) mass is 269 g/mol. The summed E-state index contributed by atoms with van der Waals surface area (Å²) in [6.45, 7) is 9.05. The van der Waals surface area contributed by atoms with Crippen LogP contribution >= 0.6 is 0 Å². The smallest absolute Gasteiger partial charge is 0.276 e. The van der Waals surface area contributed by atoms with Crippen molar-refractivity contribution >= 4 is 5.91 Å². The number of carbonyl (C=O) groups excluding carboxylic acids is 1. The van der Waals surface area contributed by atoms with Crippen molar-refractivity contribution in [2.24, 2.45) is 0 Å². The molecule has 0 aromatic carbocycles. The third-order valence-electron chi connectivity index (χ3n) is 3.25. The third-order valence-corrected chi connectivity index (χ3v) is 3.25. The zero-order chi connectivity index (χ0) is 14.5. The molecule has 0 radical (unpaired) electrons. The molecule has 4 nitrogen and oxygen atoms in total. The molecule has 1 amide bonds. The quantitative estimate of drug-likeness (QED) is 0.788. The first kappa shape index (κ1) is 14.1. The van der Waals surface area contributed by atoms with Crippen LogP contribution < -0.4 is 0 Å². The fraction of sp³-hybridized carbons (Fsp3) is 0.250. The van der Waals surface area contributed by atoms with Crippen molar-refractivity contribution in [1.82, 2.24) is 14.7 Å². The van der Waals surface area contributed by atoms with Crippen LogP contribution in [0.4, 0.5) is 0 Å². The first-order valence-corrected chi connectivity index (χ1v) is 6.64. The van der Waals surface area contributed by atoms with Crippen LogP contribution in [0.3, 0.4) is 0 Å². The number of carbonyl (C=O) groups is 1. The molecule has 0 bridgehead atoms. The highest BCUT2D eigenvalue weighted by Gasteiger charge is 2.25. The topological polar surface area (TPSA) is 38.1 Å². The zero-order valence-electron chi connectivity index (χ0n) is 11.9. The number of hydrogen-bond acceptors (Lipinski definition) is 2. The Labute approximate surface area is 119 Å². The number of hydrogen-bond donors (Lipinski definition) is 0. The number of allylic oxidation sites excluding steroid dienone is 7. The minimum absolute atomic E-state index is 0.00193. The summed E-state index contributed by atoms with van der Waals surface area (Å²) in [5.41, 5.74) is 2.58. The number of fused-ring (bicyclic) bond motifs is 1. The fourth-order valence-corrected chi connectivity index (χ4v) is 2.15. The first-order chi connectivity index (χ1) is 9.67. The normalized spacial score (nSPS) is 16.7. The predicted octanol–water partition coefficient (Wildman–Crippen LogP) is 2.93. The Morgan fingerprint density at radius 1 is 1.40 bits per heavy atom. The lowest BCUT2D eigenvalue weighted by molar-refractivity contribution is 0.0755. The van der Waals surface area contributed by atoms with Gasteiger partial charge in [-0.3, -0.25) is 9.48 Å². The molecular formula is C16H19N3O. The van der Waals surface area contributed by atoms with E-state index >= 15 is 0 Å². The molecule has 0 atom stereocenters. The SMILES string of the molecule is C=CC(/C=C/C)=C\C=C(/C)N1CCn2nccc2C1=O. The molecule has 0 saturated heterocycles. The summed E-state index contributed by atoms with van der Waals surface area (Å²) in [6.07, 6.45) is 11.3. The second-order valence-electron chi connectivity index (χ2n) is 4.58. The Kier molecular flexibility index (Phi) is 4.35. The molecule has 0 aliphatic carbocycles. The summed E-state index contributed by atoms with van der Waals surface area (Å²) >= 11 is 0. The van der Waals surface area contributed by atoms with Gasteiger partial charge in [0.25, 0.3) is 5.91 Å². The lowest BCUT2D eigenvalue weighted by Crippen LogP contribution is -2.39. The second-order valence-corrected chi connectivity index (χ2v) is 4.58. The number of nitrogens with zero attached hydrogens (tertiary/aromatic N) is 3. The molecular weight excluding hydrogens is 250 g/mol. The summed E-state index contributed by atoms with van der Waals surface area (Å²) in [5.74, 6) is 0.00193. The van der Waals surface area contributed by atoms with Crippen molar-refractivity contribution in [3.63, 3.8) is 0 Å². The van der Waals surface area contributed by atoms with Gasteiger partial charge in [-0.05, 0) is 31.6 Å². The Balaban J connectivity index is 2.20. The van der Waals surface area contributed by atoms with Gasteiger partial charge < -0.3 is 4.90 Å². The third kappa shape index (κ3) is 2.79. The molecule has 0 unspecified atom stereocenters. The number of aromatic nitrogens is 2. The Hall–Kier alpha value is -2.36. The van der Waals surface area contributed by atoms with Gasteiger partial charge in [-0.25, -0.2) is 0 Å². The van der Waals surface area contributed by atoms with Gasteiger partial charge in [-0.1, -0.05) is 30.9 Å². The van der Waals surface area contributed by atoms with Crippen LogP contribution in [-0.2, 0) is 6.54 Å². The molecule has 1 aromatic rings. The molecule has 2 rings (SSSR count). The van der Waals surface area contributed by atoms with Crippen LogP contribution in [0.5, 0.6) is 0 Å². The average molecular weight is 269 g/mol. The highest BCUT2D eigenvalue weighted by Crippen LogP contribution is 2.16. The van der Waals surface area contributed by atoms with Crippen molar-refractivity contribution in [2.45, 2.75) is 20.4 Å². The van der Waals surface area contributed by atoms with Crippen LogP contribution in [-0.4, -0.2) is 27.1 Å². The van der Waals surface area contributed by atoms with Crippen LogP contribution in [0.25, 0.3) is 0 Å². The van der Waals surface area contributed by atoms with Gasteiger partial charge in [0.15, 0.2) is 0 Å². The van der Waals surface area contributed by atoms with Gasteiger partial charge in [0, 0.05) is 18.4 Å². The highest BCUT2D eigenvalue weighted by molar-refractivity contribution is 5.94. The molecule has 4 heteroatoms. The van der Waals surface area contributed by atoms with E-state index in [0.717, 1.165) is 17.8 Å². The van der Waals surface area contributed by atoms with Crippen LogP contribution in [0.1, 0.15) is 24.3 Å². The van der Waals surface area contributed by atoms with Gasteiger partial charge in [0.2, 0.25) is 0 Å². The zero-order valence-corrected chi connectivity index (χ0v) is 11.9.